The number of hydrogen-bond donors (Lipinski definition) is 3. The number of carbonyl (C=O) groups is 2. The molecular weight excluding hydrogens is 499 g/mol. The highest BCUT2D eigenvalue weighted by Crippen LogP contribution is 2.36. The number of carbonyl (C=O) groups excluding carboxylic acids is 2. The van der Waals surface area contributed by atoms with E-state index in [1.165, 1.54) is 42.5 Å². The maximum absolute atomic E-state index is 13.4. The summed E-state index contributed by atoms with van der Waals surface area (Å²) >= 11 is 0. The standard InChI is InChI=1S/C24H22F3N3O7/c25-24(26,27)19-4-2-1-3-17(19)20-7-13-5-6-14(8-18(13)21(33)28-20)30-10-16(37-23(30)36)9-29(22(34)35)15(11-31)12-32/h1-8,15-16,31-32H,9-12H2,(H,28,33)(H,34,35)/p-1/t16-/m0/s1. The number of alkyl halides is 3. The van der Waals surface area contributed by atoms with E-state index in [4.69, 9.17) is 4.74 Å². The highest BCUT2D eigenvalue weighted by molar-refractivity contribution is 5.95. The van der Waals surface area contributed by atoms with E-state index < -0.39 is 54.8 Å². The summed E-state index contributed by atoms with van der Waals surface area (Å²) in [6.07, 6.45) is -8.07. The molecule has 1 aromatic heterocycles. The molecule has 0 radical (unpaired) electrons. The number of cyclic esters (lactones) is 1. The van der Waals surface area contributed by atoms with Gasteiger partial charge >= 0.3 is 12.3 Å². The number of pyridine rings is 1. The SMILES string of the molecule is O=C1O[C@@H](CN(C(=O)[O-])C(CO)CO)CN1c1ccc2cc(-c3ccccc3C(F)(F)F)[nH]c(=O)c2c1. The van der Waals surface area contributed by atoms with Crippen molar-refractivity contribution in [2.75, 3.05) is 31.2 Å². The molecule has 37 heavy (non-hydrogen) atoms. The quantitative estimate of drug-likeness (QED) is 0.428. The van der Waals surface area contributed by atoms with Crippen LogP contribution >= 0.6 is 0 Å². The summed E-state index contributed by atoms with van der Waals surface area (Å²) in [6, 6.07) is 9.41. The number of amides is 2. The Morgan fingerprint density at radius 3 is 2.51 bits per heavy atom. The number of aliphatic hydroxyl groups is 2. The van der Waals surface area contributed by atoms with Crippen molar-refractivity contribution in [3.63, 3.8) is 0 Å². The number of hydrogen-bond acceptors (Lipinski definition) is 7. The van der Waals surface area contributed by atoms with Gasteiger partial charge in [0.2, 0.25) is 0 Å². The van der Waals surface area contributed by atoms with Gasteiger partial charge in [0, 0.05) is 22.3 Å². The van der Waals surface area contributed by atoms with E-state index in [0.717, 1.165) is 11.0 Å². The summed E-state index contributed by atoms with van der Waals surface area (Å²) in [6.45, 7) is -1.81. The average molecular weight is 520 g/mol. The second-order valence-corrected chi connectivity index (χ2v) is 8.38. The summed E-state index contributed by atoms with van der Waals surface area (Å²) in [5, 5.41) is 30.4. The van der Waals surface area contributed by atoms with Crippen LogP contribution in [-0.2, 0) is 10.9 Å². The molecule has 0 saturated carbocycles. The minimum atomic E-state index is -4.63. The monoisotopic (exact) mass is 520 g/mol. The van der Waals surface area contributed by atoms with Gasteiger partial charge in [-0.2, -0.15) is 13.2 Å². The molecule has 1 fully saturated rings. The first-order chi connectivity index (χ1) is 17.5. The molecule has 3 N–H and O–H groups in total. The van der Waals surface area contributed by atoms with Crippen LogP contribution in [0.1, 0.15) is 5.56 Å². The fourth-order valence-corrected chi connectivity index (χ4v) is 4.20. The smallest absolute Gasteiger partial charge is 0.417 e. The molecule has 10 nitrogen and oxygen atoms in total. The minimum absolute atomic E-state index is 0.0245. The Balaban J connectivity index is 1.62. The summed E-state index contributed by atoms with van der Waals surface area (Å²) in [5.41, 5.74) is -1.54. The lowest BCUT2D eigenvalue weighted by molar-refractivity contribution is -0.270. The maximum Gasteiger partial charge on any atom is 0.417 e. The molecule has 0 bridgehead atoms. The summed E-state index contributed by atoms with van der Waals surface area (Å²) in [4.78, 5) is 41.0. The van der Waals surface area contributed by atoms with E-state index >= 15 is 0 Å². The van der Waals surface area contributed by atoms with Crippen LogP contribution in [-0.4, -0.2) is 70.7 Å². The number of rotatable bonds is 7. The first-order valence-electron chi connectivity index (χ1n) is 11.0. The Morgan fingerprint density at radius 2 is 1.86 bits per heavy atom. The Labute approximate surface area is 207 Å². The Bertz CT molecular complexity index is 1390. The Hall–Kier alpha value is -4.10. The molecule has 196 valence electrons. The lowest BCUT2D eigenvalue weighted by atomic mass is 10.0. The van der Waals surface area contributed by atoms with Gasteiger partial charge in [-0.3, -0.25) is 9.69 Å². The van der Waals surface area contributed by atoms with E-state index in [1.807, 2.05) is 0 Å². The van der Waals surface area contributed by atoms with Crippen LogP contribution in [0.2, 0.25) is 0 Å². The number of nitrogens with one attached hydrogen (secondary N) is 1. The van der Waals surface area contributed by atoms with Crippen molar-refractivity contribution in [1.29, 1.82) is 0 Å². The number of aromatic amines is 1. The zero-order chi connectivity index (χ0) is 26.9. The van der Waals surface area contributed by atoms with Crippen LogP contribution in [0, 0.1) is 0 Å². The first kappa shape index (κ1) is 26.0. The van der Waals surface area contributed by atoms with Crippen molar-refractivity contribution < 1.29 is 42.8 Å². The van der Waals surface area contributed by atoms with Gasteiger partial charge in [0.1, 0.15) is 12.2 Å². The minimum Gasteiger partial charge on any atom is -0.530 e. The van der Waals surface area contributed by atoms with Gasteiger partial charge in [-0.15, -0.1) is 0 Å². The van der Waals surface area contributed by atoms with Gasteiger partial charge in [-0.05, 0) is 29.7 Å². The van der Waals surface area contributed by atoms with Gasteiger partial charge in [0.15, 0.2) is 0 Å². The normalized spacial score (nSPS) is 15.9. The predicted molar refractivity (Wildman–Crippen MR) is 123 cm³/mol. The first-order valence-corrected chi connectivity index (χ1v) is 11.0. The average Bonchev–Trinajstić information content (AvgIpc) is 3.23. The number of aliphatic hydroxyl groups excluding tert-OH is 2. The van der Waals surface area contributed by atoms with E-state index in [9.17, 15) is 42.9 Å². The second-order valence-electron chi connectivity index (χ2n) is 8.38. The number of nitrogens with zero attached hydrogens (tertiary/aromatic N) is 2. The largest absolute Gasteiger partial charge is 0.530 e. The lowest BCUT2D eigenvalue weighted by Gasteiger charge is -2.32. The number of aromatic nitrogens is 1. The third kappa shape index (κ3) is 5.22. The van der Waals surface area contributed by atoms with Crippen LogP contribution in [0.4, 0.5) is 28.4 Å². The fourth-order valence-electron chi connectivity index (χ4n) is 4.20. The third-order valence-electron chi connectivity index (χ3n) is 6.04. The van der Waals surface area contributed by atoms with Crippen molar-refractivity contribution >= 4 is 28.6 Å². The van der Waals surface area contributed by atoms with Gasteiger partial charge in [0.05, 0.1) is 37.9 Å². The maximum atomic E-state index is 13.4. The molecule has 2 aromatic carbocycles. The van der Waals surface area contributed by atoms with Crippen molar-refractivity contribution in [3.05, 3.63) is 64.4 Å². The second kappa shape index (κ2) is 10.1. The number of H-pyrrole nitrogens is 1. The molecule has 4 rings (SSSR count). The molecular formula is C24H21F3N3O7-. The number of ether oxygens (including phenoxy) is 1. The topological polar surface area (TPSA) is 146 Å². The zero-order valence-corrected chi connectivity index (χ0v) is 19.1. The molecule has 3 aromatic rings. The number of carboxylic acid groups (broad SMARTS) is 1. The highest BCUT2D eigenvalue weighted by atomic mass is 19.4. The van der Waals surface area contributed by atoms with Gasteiger partial charge in [0.25, 0.3) is 5.56 Å². The van der Waals surface area contributed by atoms with Gasteiger partial charge in [-0.1, -0.05) is 24.3 Å². The van der Waals surface area contributed by atoms with E-state index in [2.05, 4.69) is 4.98 Å². The van der Waals surface area contributed by atoms with E-state index in [1.54, 1.807) is 0 Å². The number of benzene rings is 2. The van der Waals surface area contributed by atoms with Gasteiger partial charge in [-0.25, -0.2) is 4.79 Å². The van der Waals surface area contributed by atoms with Gasteiger partial charge < -0.3 is 34.7 Å². The molecule has 0 aliphatic carbocycles. The third-order valence-corrected chi connectivity index (χ3v) is 6.04. The number of halogens is 3. The molecule has 0 unspecified atom stereocenters. The zero-order valence-electron chi connectivity index (χ0n) is 19.1. The van der Waals surface area contributed by atoms with E-state index in [-0.39, 0.29) is 35.4 Å². The summed E-state index contributed by atoms with van der Waals surface area (Å²) < 4.78 is 45.5. The van der Waals surface area contributed by atoms with Crippen molar-refractivity contribution in [1.82, 2.24) is 9.88 Å². The summed E-state index contributed by atoms with van der Waals surface area (Å²) in [5.74, 6) is 0. The molecule has 2 amide bonds. The molecule has 2 heterocycles. The van der Waals surface area contributed by atoms with Crippen LogP contribution in [0.15, 0.2) is 53.3 Å². The molecule has 0 spiro atoms. The molecule has 1 aliphatic heterocycles. The Morgan fingerprint density at radius 1 is 1.16 bits per heavy atom. The highest BCUT2D eigenvalue weighted by Gasteiger charge is 2.36. The lowest BCUT2D eigenvalue weighted by Crippen LogP contribution is -2.53. The molecule has 13 heteroatoms. The van der Waals surface area contributed by atoms with Crippen LogP contribution in [0.3, 0.4) is 0 Å². The number of fused-ring (bicyclic) bond motifs is 1. The van der Waals surface area contributed by atoms with E-state index in [0.29, 0.717) is 10.3 Å². The number of anilines is 1. The molecule has 1 atom stereocenters. The van der Waals surface area contributed by atoms with Crippen LogP contribution in [0.5, 0.6) is 0 Å². The van der Waals surface area contributed by atoms with Crippen molar-refractivity contribution in [2.45, 2.75) is 18.3 Å². The van der Waals surface area contributed by atoms with Crippen molar-refractivity contribution in [3.8, 4) is 11.3 Å². The Kier molecular flexibility index (Phi) is 7.09. The van der Waals surface area contributed by atoms with Crippen LogP contribution < -0.4 is 15.6 Å². The predicted octanol–water partition coefficient (Wildman–Crippen LogP) is 1.54. The van der Waals surface area contributed by atoms with Crippen molar-refractivity contribution in [2.24, 2.45) is 0 Å². The molecule has 1 saturated heterocycles. The summed E-state index contributed by atoms with van der Waals surface area (Å²) in [7, 11) is 0. The van der Waals surface area contributed by atoms with Crippen LogP contribution in [0.25, 0.3) is 22.0 Å². The molecule has 1 aliphatic rings. The fraction of sp³-hybridized carbons (Fsp3) is 0.292.